The molecule has 182 valence electrons. The fourth-order valence-corrected chi connectivity index (χ4v) is 4.48. The predicted molar refractivity (Wildman–Crippen MR) is 126 cm³/mol. The van der Waals surface area contributed by atoms with Crippen LogP contribution >= 0.6 is 0 Å². The lowest BCUT2D eigenvalue weighted by molar-refractivity contribution is -0.0106. The first-order valence-electron chi connectivity index (χ1n) is 11.0. The van der Waals surface area contributed by atoms with Crippen molar-refractivity contribution in [3.8, 4) is 11.6 Å². The number of amides is 1. The van der Waals surface area contributed by atoms with Crippen molar-refractivity contribution in [1.29, 1.82) is 0 Å². The first kappa shape index (κ1) is 24.0. The first-order chi connectivity index (χ1) is 15.9. The fraction of sp³-hybridized carbons (Fsp3) is 0.417. The molecular formula is C24H28FN3O5S. The van der Waals surface area contributed by atoms with Gasteiger partial charge in [-0.25, -0.2) is 22.6 Å². The van der Waals surface area contributed by atoms with Crippen LogP contribution in [-0.2, 0) is 14.6 Å². The molecule has 3 heterocycles. The van der Waals surface area contributed by atoms with E-state index >= 15 is 0 Å². The Hall–Kier alpha value is -3.14. The summed E-state index contributed by atoms with van der Waals surface area (Å²) in [6, 6.07) is 10.2. The number of ether oxygens (including phenoxy) is 2. The largest absolute Gasteiger partial charge is 0.486 e. The molecule has 4 rings (SSSR count). The van der Waals surface area contributed by atoms with E-state index in [4.69, 9.17) is 9.47 Å². The van der Waals surface area contributed by atoms with Gasteiger partial charge in [0, 0.05) is 30.8 Å². The van der Waals surface area contributed by atoms with E-state index in [1.807, 2.05) is 16.8 Å². The number of likely N-dealkylation sites (tertiary alicyclic amines) is 1. The Labute approximate surface area is 198 Å². The minimum Gasteiger partial charge on any atom is -0.486 e. The molecule has 0 bridgehead atoms. The van der Waals surface area contributed by atoms with Gasteiger partial charge in [0.2, 0.25) is 0 Å². The van der Waals surface area contributed by atoms with Crippen molar-refractivity contribution < 1.29 is 27.1 Å². The molecule has 34 heavy (non-hydrogen) atoms. The van der Waals surface area contributed by atoms with E-state index in [-0.39, 0.29) is 11.4 Å². The minimum atomic E-state index is -3.29. The van der Waals surface area contributed by atoms with Gasteiger partial charge in [-0.2, -0.15) is 0 Å². The average Bonchev–Trinajstić information content (AvgIpc) is 3.17. The van der Waals surface area contributed by atoms with E-state index in [0.29, 0.717) is 24.5 Å². The molecule has 1 fully saturated rings. The molecule has 2 aromatic heterocycles. The number of fused-ring (bicyclic) bond motifs is 1. The van der Waals surface area contributed by atoms with Crippen LogP contribution in [0.15, 0.2) is 53.7 Å². The van der Waals surface area contributed by atoms with Crippen LogP contribution in [0.5, 0.6) is 5.75 Å². The maximum absolute atomic E-state index is 14.7. The van der Waals surface area contributed by atoms with Gasteiger partial charge in [0.05, 0.1) is 23.2 Å². The summed E-state index contributed by atoms with van der Waals surface area (Å²) in [5.74, 6) is 1.05. The summed E-state index contributed by atoms with van der Waals surface area (Å²) < 4.78 is 51.3. The lowest BCUT2D eigenvalue weighted by Crippen LogP contribution is -2.50. The smallest absolute Gasteiger partial charge is 0.410 e. The lowest BCUT2D eigenvalue weighted by atomic mass is 10.1. The molecule has 0 N–H and O–H groups in total. The number of piperidine rings is 1. The highest BCUT2D eigenvalue weighted by atomic mass is 32.2. The summed E-state index contributed by atoms with van der Waals surface area (Å²) in [6.07, 6.45) is 2.29. The van der Waals surface area contributed by atoms with Crippen LogP contribution in [0.4, 0.5) is 9.18 Å². The Balaban J connectivity index is 1.42. The van der Waals surface area contributed by atoms with Gasteiger partial charge in [0.15, 0.2) is 16.0 Å². The van der Waals surface area contributed by atoms with Gasteiger partial charge < -0.3 is 18.9 Å². The quantitative estimate of drug-likeness (QED) is 0.547. The number of alkyl halides is 1. The number of carbonyl (C=O) groups excluding carboxylic acids is 1. The topological polar surface area (TPSA) is 90.7 Å². The molecule has 1 aliphatic heterocycles. The van der Waals surface area contributed by atoms with Crippen molar-refractivity contribution >= 4 is 26.8 Å². The molecule has 1 aliphatic rings. The van der Waals surface area contributed by atoms with Crippen molar-refractivity contribution in [3.05, 3.63) is 48.8 Å². The van der Waals surface area contributed by atoms with Gasteiger partial charge in [0.1, 0.15) is 23.3 Å². The Morgan fingerprint density at radius 1 is 1.18 bits per heavy atom. The molecule has 1 amide bonds. The number of halogens is 1. The van der Waals surface area contributed by atoms with Crippen LogP contribution in [0, 0.1) is 0 Å². The second-order valence-electron chi connectivity index (χ2n) is 9.42. The van der Waals surface area contributed by atoms with Gasteiger partial charge >= 0.3 is 6.09 Å². The van der Waals surface area contributed by atoms with Crippen molar-refractivity contribution in [2.75, 3.05) is 19.3 Å². The Kier molecular flexibility index (Phi) is 6.28. The predicted octanol–water partition coefficient (Wildman–Crippen LogP) is 4.16. The number of hydrogen-bond donors (Lipinski definition) is 0. The zero-order chi connectivity index (χ0) is 24.7. The second-order valence-corrected chi connectivity index (χ2v) is 11.4. The number of benzene rings is 1. The normalized spacial score (nSPS) is 19.3. The third-order valence-electron chi connectivity index (χ3n) is 5.48. The molecular weight excluding hydrogens is 461 g/mol. The molecule has 3 aromatic rings. The van der Waals surface area contributed by atoms with Gasteiger partial charge in [-0.05, 0) is 57.2 Å². The molecule has 0 spiro atoms. The van der Waals surface area contributed by atoms with Gasteiger partial charge in [-0.15, -0.1) is 0 Å². The maximum Gasteiger partial charge on any atom is 0.410 e. The summed E-state index contributed by atoms with van der Waals surface area (Å²) in [6.45, 7) is 5.57. The minimum absolute atomic E-state index is 0.0874. The molecule has 0 saturated carbocycles. The van der Waals surface area contributed by atoms with Crippen molar-refractivity contribution in [2.45, 2.75) is 50.0 Å². The summed E-state index contributed by atoms with van der Waals surface area (Å²) in [5.41, 5.74) is 0.178. The van der Waals surface area contributed by atoms with E-state index in [0.717, 1.165) is 10.9 Å². The van der Waals surface area contributed by atoms with E-state index in [1.54, 1.807) is 51.1 Å². The summed E-state index contributed by atoms with van der Waals surface area (Å²) >= 11 is 0. The number of sulfone groups is 1. The number of hydrogen-bond acceptors (Lipinski definition) is 6. The van der Waals surface area contributed by atoms with Crippen molar-refractivity contribution in [3.63, 3.8) is 0 Å². The molecule has 1 saturated heterocycles. The number of rotatable bonds is 4. The summed E-state index contributed by atoms with van der Waals surface area (Å²) in [5, 5.41) is 0.780. The Bertz CT molecular complexity index is 1300. The third kappa shape index (κ3) is 5.32. The van der Waals surface area contributed by atoms with Gasteiger partial charge in [0.25, 0.3) is 0 Å². The molecule has 8 nitrogen and oxygen atoms in total. The van der Waals surface area contributed by atoms with Crippen LogP contribution < -0.4 is 4.74 Å². The highest BCUT2D eigenvalue weighted by Gasteiger charge is 2.35. The molecule has 10 heteroatoms. The van der Waals surface area contributed by atoms with Crippen LogP contribution in [0.2, 0.25) is 0 Å². The van der Waals surface area contributed by atoms with Crippen molar-refractivity contribution in [2.24, 2.45) is 0 Å². The SMILES string of the molecule is CC(C)(C)OC(=O)N1CC[C@H](Oc2ccc(-n3ccc4cc(S(C)(=O)=O)ccc43)nc2)[C@H](F)C1. The fourth-order valence-electron chi connectivity index (χ4n) is 3.82. The monoisotopic (exact) mass is 489 g/mol. The zero-order valence-corrected chi connectivity index (χ0v) is 20.4. The van der Waals surface area contributed by atoms with Gasteiger partial charge in [-0.3, -0.25) is 0 Å². The summed E-state index contributed by atoms with van der Waals surface area (Å²) in [7, 11) is -3.29. The third-order valence-corrected chi connectivity index (χ3v) is 6.59. The van der Waals surface area contributed by atoms with Crippen molar-refractivity contribution in [1.82, 2.24) is 14.5 Å². The highest BCUT2D eigenvalue weighted by molar-refractivity contribution is 7.90. The highest BCUT2D eigenvalue weighted by Crippen LogP contribution is 2.26. The number of pyridine rings is 1. The first-order valence-corrected chi connectivity index (χ1v) is 12.9. The number of nitrogens with zero attached hydrogens (tertiary/aromatic N) is 3. The second kappa shape index (κ2) is 8.90. The van der Waals surface area contributed by atoms with E-state index < -0.39 is 33.8 Å². The Morgan fingerprint density at radius 3 is 2.56 bits per heavy atom. The molecule has 1 aromatic carbocycles. The van der Waals surface area contributed by atoms with Crippen LogP contribution in [0.25, 0.3) is 16.7 Å². The van der Waals surface area contributed by atoms with E-state index in [1.165, 1.54) is 17.4 Å². The van der Waals surface area contributed by atoms with Gasteiger partial charge in [-0.1, -0.05) is 0 Å². The number of aromatic nitrogens is 2. The van der Waals surface area contributed by atoms with E-state index in [9.17, 15) is 17.6 Å². The van der Waals surface area contributed by atoms with Crippen LogP contribution in [0.1, 0.15) is 27.2 Å². The molecule has 0 radical (unpaired) electrons. The average molecular weight is 490 g/mol. The lowest BCUT2D eigenvalue weighted by Gasteiger charge is -2.35. The maximum atomic E-state index is 14.7. The van der Waals surface area contributed by atoms with Crippen LogP contribution in [0.3, 0.4) is 0 Å². The molecule has 0 aliphatic carbocycles. The van der Waals surface area contributed by atoms with E-state index in [2.05, 4.69) is 4.98 Å². The molecule has 0 unspecified atom stereocenters. The van der Waals surface area contributed by atoms with Crippen LogP contribution in [-0.4, -0.2) is 66.2 Å². The Morgan fingerprint density at radius 2 is 1.94 bits per heavy atom. The molecule has 2 atom stereocenters. The number of carbonyl (C=O) groups is 1. The standard InChI is InChI=1S/C24H28FN3O5S/c1-24(2,3)33-23(29)27-11-10-21(19(25)15-27)32-17-5-8-22(26-14-17)28-12-9-16-13-18(34(4,30)31)6-7-20(16)28/h5-9,12-14,19,21H,10-11,15H2,1-4H3/t19-,21+/m1/s1. The summed E-state index contributed by atoms with van der Waals surface area (Å²) in [4.78, 5) is 18.2. The zero-order valence-electron chi connectivity index (χ0n) is 19.6.